The highest BCUT2D eigenvalue weighted by atomic mass is 16.5. The molecule has 3 unspecified atom stereocenters. The molecule has 0 aliphatic carbocycles. The van der Waals surface area contributed by atoms with E-state index in [1.165, 1.54) is 77.0 Å². The van der Waals surface area contributed by atoms with Crippen molar-refractivity contribution in [3.05, 3.63) is 85.1 Å². The first-order valence-corrected chi connectivity index (χ1v) is 25.4. The minimum atomic E-state index is -0.805. The Morgan fingerprint density at radius 1 is 0.508 bits per heavy atom. The smallest absolute Gasteiger partial charge is 0.306 e. The van der Waals surface area contributed by atoms with Gasteiger partial charge in [-0.3, -0.25) is 9.59 Å². The first kappa shape index (κ1) is 58.0. The van der Waals surface area contributed by atoms with Crippen LogP contribution in [0.4, 0.5) is 0 Å². The second kappa shape index (κ2) is 48.1. The van der Waals surface area contributed by atoms with Crippen LogP contribution in [0.5, 0.6) is 0 Å². The van der Waals surface area contributed by atoms with Gasteiger partial charge in [0.15, 0.2) is 0 Å². The summed E-state index contributed by atoms with van der Waals surface area (Å²) >= 11 is 0. The Morgan fingerprint density at radius 3 is 1.54 bits per heavy atom. The van der Waals surface area contributed by atoms with Crippen molar-refractivity contribution in [2.24, 2.45) is 0 Å². The molecule has 0 fully saturated rings. The Morgan fingerprint density at radius 2 is 0.967 bits per heavy atom. The monoisotopic (exact) mass is 850 g/mol. The van der Waals surface area contributed by atoms with Crippen molar-refractivity contribution >= 4 is 11.9 Å². The van der Waals surface area contributed by atoms with Gasteiger partial charge in [0.25, 0.3) is 0 Å². The van der Waals surface area contributed by atoms with E-state index in [-0.39, 0.29) is 24.9 Å². The van der Waals surface area contributed by atoms with Crippen LogP contribution in [-0.2, 0) is 14.3 Å². The zero-order valence-electron chi connectivity index (χ0n) is 39.8. The average molecular weight is 850 g/mol. The van der Waals surface area contributed by atoms with Crippen LogP contribution >= 0.6 is 0 Å². The van der Waals surface area contributed by atoms with E-state index in [2.05, 4.69) is 80.8 Å². The fraction of sp³-hybridized carbons (Fsp3) is 0.709. The van der Waals surface area contributed by atoms with Gasteiger partial charge in [-0.25, -0.2) is 0 Å². The molecule has 0 radical (unpaired) electrons. The Balaban J connectivity index is 4.66. The van der Waals surface area contributed by atoms with Crippen LogP contribution in [0.25, 0.3) is 0 Å². The first-order chi connectivity index (χ1) is 30.0. The van der Waals surface area contributed by atoms with Crippen LogP contribution in [0, 0.1) is 0 Å². The van der Waals surface area contributed by atoms with Crippen LogP contribution in [0.15, 0.2) is 85.1 Å². The van der Waals surface area contributed by atoms with Gasteiger partial charge < -0.3 is 20.3 Å². The third-order valence-corrected chi connectivity index (χ3v) is 11.1. The summed E-state index contributed by atoms with van der Waals surface area (Å²) in [6.07, 6.45) is 62.1. The fourth-order valence-corrected chi connectivity index (χ4v) is 7.28. The molecule has 0 aromatic rings. The highest BCUT2D eigenvalue weighted by Crippen LogP contribution is 2.17. The number of rotatable bonds is 44. The number of hydrogen-bond acceptors (Lipinski definition) is 5. The molecule has 350 valence electrons. The van der Waals surface area contributed by atoms with Crippen molar-refractivity contribution in [3.63, 3.8) is 0 Å². The number of carbonyl (C=O) groups is 2. The molecule has 0 aliphatic rings. The van der Waals surface area contributed by atoms with Gasteiger partial charge in [-0.2, -0.15) is 0 Å². The van der Waals surface area contributed by atoms with Crippen LogP contribution in [0.1, 0.15) is 226 Å². The van der Waals surface area contributed by atoms with E-state index in [0.717, 1.165) is 103 Å². The molecule has 61 heavy (non-hydrogen) atoms. The Bertz CT molecular complexity index is 1180. The van der Waals surface area contributed by atoms with E-state index < -0.39 is 18.2 Å². The summed E-state index contributed by atoms with van der Waals surface area (Å²) in [6.45, 7) is 6.21. The molecule has 0 rings (SSSR count). The summed E-state index contributed by atoms with van der Waals surface area (Å²) in [5.74, 6) is -0.547. The van der Waals surface area contributed by atoms with E-state index in [0.29, 0.717) is 19.3 Å². The molecule has 0 saturated carbocycles. The standard InChI is InChI=1S/C55H95NO5/c1-4-7-10-13-16-19-22-25-27-30-32-35-38-41-44-47-53(58)52(50-57)56-54(59)49-51(46-43-40-37-34-31-29-26-23-20-17-14-11-8-5-2)61-55(60)48-45-42-39-36-33-28-24-21-18-15-12-9-6-3/h8-9,11-12,15,17-18,20-21,24,26,28-29,33,51-53,57-58H,4-7,10,13-14,16,19,22-23,25,27,30-32,34-50H2,1-3H3,(H,56,59)/b11-8+,12-9+,18-15+,20-17+,24-21-,29-26+,33-28-. The van der Waals surface area contributed by atoms with Crippen LogP contribution in [-0.4, -0.2) is 46.9 Å². The van der Waals surface area contributed by atoms with Crippen molar-refractivity contribution in [2.45, 2.75) is 244 Å². The molecule has 0 spiro atoms. The predicted octanol–water partition coefficient (Wildman–Crippen LogP) is 15.2. The number of aliphatic hydroxyl groups is 2. The maximum Gasteiger partial charge on any atom is 0.306 e. The van der Waals surface area contributed by atoms with Crippen molar-refractivity contribution < 1.29 is 24.5 Å². The van der Waals surface area contributed by atoms with Crippen LogP contribution in [0.2, 0.25) is 0 Å². The largest absolute Gasteiger partial charge is 0.462 e. The maximum absolute atomic E-state index is 13.2. The van der Waals surface area contributed by atoms with E-state index in [1.54, 1.807) is 0 Å². The lowest BCUT2D eigenvalue weighted by atomic mass is 10.0. The summed E-state index contributed by atoms with van der Waals surface area (Å²) < 4.78 is 5.90. The van der Waals surface area contributed by atoms with Gasteiger partial charge in [-0.15, -0.1) is 0 Å². The van der Waals surface area contributed by atoms with Gasteiger partial charge >= 0.3 is 5.97 Å². The molecule has 0 bridgehead atoms. The summed E-state index contributed by atoms with van der Waals surface area (Å²) in [4.78, 5) is 26.1. The molecule has 6 nitrogen and oxygen atoms in total. The molecule has 0 saturated heterocycles. The molecule has 0 heterocycles. The van der Waals surface area contributed by atoms with E-state index in [4.69, 9.17) is 4.74 Å². The molecule has 1 amide bonds. The van der Waals surface area contributed by atoms with E-state index in [1.807, 2.05) is 30.4 Å². The second-order valence-electron chi connectivity index (χ2n) is 16.9. The quantitative estimate of drug-likeness (QED) is 0.0246. The minimum Gasteiger partial charge on any atom is -0.462 e. The fourth-order valence-electron chi connectivity index (χ4n) is 7.28. The van der Waals surface area contributed by atoms with Gasteiger partial charge in [0.1, 0.15) is 6.10 Å². The van der Waals surface area contributed by atoms with Gasteiger partial charge in [0.05, 0.1) is 25.2 Å². The highest BCUT2D eigenvalue weighted by molar-refractivity contribution is 5.77. The van der Waals surface area contributed by atoms with Crippen molar-refractivity contribution in [2.75, 3.05) is 6.61 Å². The number of aliphatic hydroxyl groups excluding tert-OH is 2. The SMILES string of the molecule is CC/C=C/C=C/C=C\C=C/CCCCCC(=O)OC(CCCCCC/C=C/C/C=C/C/C=C/CC)CC(=O)NC(CO)C(O)CCCCCCCCCCCCCCCCC. The highest BCUT2D eigenvalue weighted by Gasteiger charge is 2.24. The second-order valence-corrected chi connectivity index (χ2v) is 16.9. The summed E-state index contributed by atoms with van der Waals surface area (Å²) in [7, 11) is 0. The number of allylic oxidation sites excluding steroid dienone is 14. The summed E-state index contributed by atoms with van der Waals surface area (Å²) in [5, 5.41) is 23.8. The third kappa shape index (κ3) is 43.5. The number of amides is 1. The minimum absolute atomic E-state index is 0.0425. The van der Waals surface area contributed by atoms with Crippen molar-refractivity contribution in [3.8, 4) is 0 Å². The predicted molar refractivity (Wildman–Crippen MR) is 264 cm³/mol. The average Bonchev–Trinajstić information content (AvgIpc) is 3.25. The van der Waals surface area contributed by atoms with Crippen LogP contribution in [0.3, 0.4) is 0 Å². The van der Waals surface area contributed by atoms with Gasteiger partial charge in [-0.05, 0) is 77.0 Å². The zero-order chi connectivity index (χ0) is 44.5. The van der Waals surface area contributed by atoms with E-state index >= 15 is 0 Å². The Kier molecular flexibility index (Phi) is 45.7. The molecule has 0 aromatic heterocycles. The maximum atomic E-state index is 13.2. The van der Waals surface area contributed by atoms with Gasteiger partial charge in [0.2, 0.25) is 5.91 Å². The third-order valence-electron chi connectivity index (χ3n) is 11.1. The Labute approximate surface area is 376 Å². The van der Waals surface area contributed by atoms with Crippen molar-refractivity contribution in [1.82, 2.24) is 5.32 Å². The lowest BCUT2D eigenvalue weighted by Crippen LogP contribution is -2.46. The number of esters is 1. The topological polar surface area (TPSA) is 95.9 Å². The number of ether oxygens (including phenoxy) is 1. The van der Waals surface area contributed by atoms with E-state index in [9.17, 15) is 19.8 Å². The van der Waals surface area contributed by atoms with Gasteiger partial charge in [0, 0.05) is 6.42 Å². The normalized spacial score (nSPS) is 14.0. The summed E-state index contributed by atoms with van der Waals surface area (Å²) in [6, 6.07) is -0.721. The number of hydrogen-bond donors (Lipinski definition) is 3. The summed E-state index contributed by atoms with van der Waals surface area (Å²) in [5.41, 5.74) is 0. The number of nitrogens with one attached hydrogen (secondary N) is 1. The lowest BCUT2D eigenvalue weighted by molar-refractivity contribution is -0.151. The Hall–Kier alpha value is -2.96. The first-order valence-electron chi connectivity index (χ1n) is 25.4. The van der Waals surface area contributed by atoms with Crippen LogP contribution < -0.4 is 5.32 Å². The molecule has 0 aromatic carbocycles. The number of unbranched alkanes of at least 4 members (excludes halogenated alkanes) is 21. The molecule has 0 aliphatic heterocycles. The number of carbonyl (C=O) groups excluding carboxylic acids is 2. The molecule has 6 heteroatoms. The lowest BCUT2D eigenvalue weighted by Gasteiger charge is -2.24. The zero-order valence-corrected chi connectivity index (χ0v) is 39.8. The van der Waals surface area contributed by atoms with Crippen molar-refractivity contribution in [1.29, 1.82) is 0 Å². The molecule has 3 atom stereocenters. The molecular weight excluding hydrogens is 755 g/mol. The van der Waals surface area contributed by atoms with Gasteiger partial charge in [-0.1, -0.05) is 221 Å². The molecular formula is C55H95NO5. The molecule has 3 N–H and O–H groups in total.